The minimum Gasteiger partial charge on any atom is -0.356 e. The number of carbonyl (C=O) groups is 1. The van der Waals surface area contributed by atoms with E-state index in [1.165, 1.54) is 6.07 Å². The van der Waals surface area contributed by atoms with Gasteiger partial charge in [0.05, 0.1) is 40.8 Å². The van der Waals surface area contributed by atoms with E-state index in [9.17, 15) is 18.0 Å². The molecule has 3 aromatic heterocycles. The van der Waals surface area contributed by atoms with Gasteiger partial charge in [0.15, 0.2) is 0 Å². The van der Waals surface area contributed by atoms with Gasteiger partial charge in [-0.05, 0) is 31.2 Å². The van der Waals surface area contributed by atoms with Crippen LogP contribution in [-0.4, -0.2) is 36.8 Å². The number of nitrogens with one attached hydrogen (secondary N) is 1. The average molecular weight is 416 g/mol. The van der Waals surface area contributed by atoms with Crippen molar-refractivity contribution in [1.29, 1.82) is 0 Å². The third kappa shape index (κ3) is 3.72. The second-order valence-electron chi connectivity index (χ2n) is 6.94. The molecular formula is C20H19F3N6O. The normalized spacial score (nSPS) is 12.0. The summed E-state index contributed by atoms with van der Waals surface area (Å²) in [7, 11) is 1.75. The number of fused-ring (bicyclic) bond motifs is 2. The maximum atomic E-state index is 13.0. The number of amides is 1. The molecule has 1 amide bonds. The number of alkyl halides is 3. The van der Waals surface area contributed by atoms with Gasteiger partial charge in [0.2, 0.25) is 5.91 Å². The van der Waals surface area contributed by atoms with Crippen molar-refractivity contribution in [2.45, 2.75) is 26.1 Å². The molecular weight excluding hydrogens is 397 g/mol. The highest BCUT2D eigenvalue weighted by Gasteiger charge is 2.31. The Labute approximate surface area is 169 Å². The van der Waals surface area contributed by atoms with Gasteiger partial charge in [-0.1, -0.05) is 0 Å². The van der Waals surface area contributed by atoms with Gasteiger partial charge in [0, 0.05) is 31.4 Å². The molecule has 30 heavy (non-hydrogen) atoms. The Balaban J connectivity index is 1.66. The molecule has 0 aliphatic carbocycles. The molecule has 156 valence electrons. The number of aryl methyl sites for hydroxylation is 1. The third-order valence-corrected chi connectivity index (χ3v) is 4.87. The van der Waals surface area contributed by atoms with Gasteiger partial charge in [-0.2, -0.15) is 18.3 Å². The Hall–Kier alpha value is -3.43. The molecule has 0 fully saturated rings. The number of halogens is 3. The number of hydrogen-bond donors (Lipinski definition) is 1. The number of pyridine rings is 1. The molecule has 0 spiro atoms. The largest absolute Gasteiger partial charge is 0.416 e. The van der Waals surface area contributed by atoms with Crippen molar-refractivity contribution in [3.63, 3.8) is 0 Å². The summed E-state index contributed by atoms with van der Waals surface area (Å²) in [5.74, 6) is 0.441. The molecule has 0 saturated heterocycles. The van der Waals surface area contributed by atoms with Crippen LogP contribution in [-0.2, 0) is 31.0 Å². The molecule has 10 heteroatoms. The molecule has 1 aromatic carbocycles. The predicted octanol–water partition coefficient (Wildman–Crippen LogP) is 3.06. The summed E-state index contributed by atoms with van der Waals surface area (Å²) in [6, 6.07) is 5.27. The van der Waals surface area contributed by atoms with Gasteiger partial charge in [0.1, 0.15) is 5.82 Å². The minimum atomic E-state index is -4.42. The minimum absolute atomic E-state index is 0.124. The summed E-state index contributed by atoms with van der Waals surface area (Å²) in [4.78, 5) is 20.6. The van der Waals surface area contributed by atoms with E-state index in [1.54, 1.807) is 34.8 Å². The molecule has 0 unspecified atom stereocenters. The van der Waals surface area contributed by atoms with Crippen LogP contribution in [0.15, 0.2) is 36.7 Å². The summed E-state index contributed by atoms with van der Waals surface area (Å²) in [6.07, 6.45) is -0.901. The zero-order valence-electron chi connectivity index (χ0n) is 16.4. The first-order valence-corrected chi connectivity index (χ1v) is 9.36. The van der Waals surface area contributed by atoms with Crippen molar-refractivity contribution in [3.05, 3.63) is 53.7 Å². The molecule has 4 aromatic rings. The molecule has 7 nitrogen and oxygen atoms in total. The van der Waals surface area contributed by atoms with E-state index in [0.29, 0.717) is 29.1 Å². The van der Waals surface area contributed by atoms with Crippen LogP contribution in [0.5, 0.6) is 0 Å². The second kappa shape index (κ2) is 7.43. The first-order valence-electron chi connectivity index (χ1n) is 9.36. The van der Waals surface area contributed by atoms with Crippen LogP contribution in [0.4, 0.5) is 13.2 Å². The van der Waals surface area contributed by atoms with E-state index >= 15 is 0 Å². The van der Waals surface area contributed by atoms with Crippen molar-refractivity contribution in [2.75, 3.05) is 6.54 Å². The summed E-state index contributed by atoms with van der Waals surface area (Å²) in [6.45, 7) is 2.65. The molecule has 0 aliphatic rings. The molecule has 3 heterocycles. The lowest BCUT2D eigenvalue weighted by Crippen LogP contribution is -2.24. The van der Waals surface area contributed by atoms with E-state index in [4.69, 9.17) is 0 Å². The number of carbonyl (C=O) groups excluding carboxylic acids is 1. The molecule has 0 atom stereocenters. The summed E-state index contributed by atoms with van der Waals surface area (Å²) < 4.78 is 42.3. The summed E-state index contributed by atoms with van der Waals surface area (Å²) >= 11 is 0. The number of rotatable bonds is 5. The molecule has 0 radical (unpaired) electrons. The zero-order valence-corrected chi connectivity index (χ0v) is 16.4. The van der Waals surface area contributed by atoms with Gasteiger partial charge in [-0.3, -0.25) is 14.5 Å². The van der Waals surface area contributed by atoms with Gasteiger partial charge in [0.25, 0.3) is 0 Å². The highest BCUT2D eigenvalue weighted by molar-refractivity contribution is 5.86. The van der Waals surface area contributed by atoms with Crippen molar-refractivity contribution < 1.29 is 18.0 Å². The monoisotopic (exact) mass is 416 g/mol. The second-order valence-corrected chi connectivity index (χ2v) is 6.94. The van der Waals surface area contributed by atoms with Crippen LogP contribution >= 0.6 is 0 Å². The topological polar surface area (TPSA) is 77.6 Å². The summed E-state index contributed by atoms with van der Waals surface area (Å²) in [5, 5.41) is 8.00. The fourth-order valence-corrected chi connectivity index (χ4v) is 3.40. The van der Waals surface area contributed by atoms with Gasteiger partial charge in [-0.15, -0.1) is 0 Å². The highest BCUT2D eigenvalue weighted by atomic mass is 19.4. The van der Waals surface area contributed by atoms with E-state index in [2.05, 4.69) is 20.4 Å². The Bertz CT molecular complexity index is 1240. The fourth-order valence-electron chi connectivity index (χ4n) is 3.40. The van der Waals surface area contributed by atoms with E-state index < -0.39 is 11.7 Å². The van der Waals surface area contributed by atoms with Crippen molar-refractivity contribution in [3.8, 4) is 0 Å². The highest BCUT2D eigenvalue weighted by Crippen LogP contribution is 2.31. The standard InChI is InChI=1S/C20H19F3N6O/c1-3-24-19(30)9-15-13-10-29(27-14(13)6-7-25-15)11-18-26-16-8-12(20(21,22)23)4-5-17(16)28(18)2/h4-8,10H,3,9,11H2,1-2H3,(H,24,30). The number of imidazole rings is 1. The van der Waals surface area contributed by atoms with Crippen LogP contribution in [0.1, 0.15) is 24.0 Å². The number of nitrogens with zero attached hydrogens (tertiary/aromatic N) is 5. The number of benzene rings is 1. The van der Waals surface area contributed by atoms with Gasteiger partial charge >= 0.3 is 6.18 Å². The Morgan fingerprint density at radius 1 is 1.20 bits per heavy atom. The van der Waals surface area contributed by atoms with Crippen LogP contribution in [0.25, 0.3) is 21.9 Å². The first-order chi connectivity index (χ1) is 14.3. The van der Waals surface area contributed by atoms with Gasteiger partial charge < -0.3 is 9.88 Å². The molecule has 1 N–H and O–H groups in total. The molecule has 0 aliphatic heterocycles. The average Bonchev–Trinajstić information content (AvgIpc) is 3.23. The molecule has 0 bridgehead atoms. The van der Waals surface area contributed by atoms with Crippen molar-refractivity contribution in [1.82, 2.24) is 29.6 Å². The predicted molar refractivity (Wildman–Crippen MR) is 105 cm³/mol. The third-order valence-electron chi connectivity index (χ3n) is 4.87. The smallest absolute Gasteiger partial charge is 0.356 e. The molecule has 0 saturated carbocycles. The Morgan fingerprint density at radius 3 is 2.73 bits per heavy atom. The summed E-state index contributed by atoms with van der Waals surface area (Å²) in [5.41, 5.74) is 1.45. The van der Waals surface area contributed by atoms with Gasteiger partial charge in [-0.25, -0.2) is 4.98 Å². The fraction of sp³-hybridized carbons (Fsp3) is 0.300. The van der Waals surface area contributed by atoms with Crippen LogP contribution in [0, 0.1) is 0 Å². The van der Waals surface area contributed by atoms with Crippen LogP contribution < -0.4 is 5.32 Å². The Morgan fingerprint density at radius 2 is 2.00 bits per heavy atom. The van der Waals surface area contributed by atoms with Crippen LogP contribution in [0.3, 0.4) is 0 Å². The number of likely N-dealkylation sites (N-methyl/N-ethyl adjacent to an activating group) is 1. The van der Waals surface area contributed by atoms with E-state index in [1.807, 2.05) is 6.92 Å². The lowest BCUT2D eigenvalue weighted by molar-refractivity contribution is -0.137. The van der Waals surface area contributed by atoms with E-state index in [-0.39, 0.29) is 24.4 Å². The van der Waals surface area contributed by atoms with Crippen LogP contribution in [0.2, 0.25) is 0 Å². The zero-order chi connectivity index (χ0) is 21.5. The van der Waals surface area contributed by atoms with Crippen molar-refractivity contribution >= 4 is 27.8 Å². The maximum absolute atomic E-state index is 13.0. The SMILES string of the molecule is CCNC(=O)Cc1nccc2nn(Cc3nc4cc(C(F)(F)F)ccc4n3C)cc12. The lowest BCUT2D eigenvalue weighted by Gasteiger charge is -2.06. The maximum Gasteiger partial charge on any atom is 0.416 e. The van der Waals surface area contributed by atoms with Crippen molar-refractivity contribution in [2.24, 2.45) is 7.05 Å². The number of aromatic nitrogens is 5. The molecule has 4 rings (SSSR count). The number of hydrogen-bond acceptors (Lipinski definition) is 4. The lowest BCUT2D eigenvalue weighted by atomic mass is 10.2. The van der Waals surface area contributed by atoms with E-state index in [0.717, 1.165) is 17.5 Å². The first kappa shape index (κ1) is 19.9. The quantitative estimate of drug-likeness (QED) is 0.543. The Kier molecular flexibility index (Phi) is 4.92.